The summed E-state index contributed by atoms with van der Waals surface area (Å²) in [5.41, 5.74) is 1.34. The number of halogens is 1. The van der Waals surface area contributed by atoms with Crippen LogP contribution < -0.4 is 24.4 Å². The summed E-state index contributed by atoms with van der Waals surface area (Å²) in [6.45, 7) is 0. The SMILES string of the molecule is COc1cc(Nc2ncnc(-n3c(=O)sc4cc(Br)ccc43)n2)cc(OC)c1OC. The number of fused-ring (bicyclic) bond motifs is 1. The minimum Gasteiger partial charge on any atom is -0.493 e. The van der Waals surface area contributed by atoms with E-state index in [0.717, 1.165) is 26.0 Å². The number of anilines is 2. The standard InChI is InChI=1S/C19H16BrN5O4S/c1-27-13-7-11(8-14(28-2)16(13)29-3)23-17-21-9-22-18(24-17)25-12-5-4-10(20)6-15(12)30-19(25)26/h4-9H,1-3H3,(H,21,22,23,24). The quantitative estimate of drug-likeness (QED) is 0.436. The molecule has 0 aliphatic heterocycles. The third-order valence-corrected chi connectivity index (χ3v) is 5.62. The second-order valence-electron chi connectivity index (χ2n) is 5.96. The topological polar surface area (TPSA) is 100 Å². The maximum Gasteiger partial charge on any atom is 0.315 e. The highest BCUT2D eigenvalue weighted by Crippen LogP contribution is 2.40. The van der Waals surface area contributed by atoms with Crippen molar-refractivity contribution in [3.05, 3.63) is 50.8 Å². The Labute approximate surface area is 183 Å². The summed E-state index contributed by atoms with van der Waals surface area (Å²) in [6, 6.07) is 9.05. The van der Waals surface area contributed by atoms with Gasteiger partial charge in [0.05, 0.1) is 31.5 Å². The van der Waals surface area contributed by atoms with Crippen LogP contribution in [0.3, 0.4) is 0 Å². The molecule has 4 aromatic rings. The van der Waals surface area contributed by atoms with Gasteiger partial charge in [0, 0.05) is 22.3 Å². The molecular formula is C19H16BrN5O4S. The van der Waals surface area contributed by atoms with Crippen LogP contribution in [0.1, 0.15) is 0 Å². The minimum atomic E-state index is -0.187. The molecule has 0 atom stereocenters. The van der Waals surface area contributed by atoms with Crippen LogP contribution in [-0.4, -0.2) is 40.8 Å². The van der Waals surface area contributed by atoms with Crippen molar-refractivity contribution in [3.8, 4) is 23.2 Å². The average Bonchev–Trinajstić information content (AvgIpc) is 3.07. The van der Waals surface area contributed by atoms with Crippen molar-refractivity contribution in [2.75, 3.05) is 26.6 Å². The first-order valence-corrected chi connectivity index (χ1v) is 10.2. The lowest BCUT2D eigenvalue weighted by Gasteiger charge is -2.14. The van der Waals surface area contributed by atoms with Crippen molar-refractivity contribution in [1.82, 2.24) is 19.5 Å². The van der Waals surface area contributed by atoms with Gasteiger partial charge < -0.3 is 19.5 Å². The number of aromatic nitrogens is 4. The van der Waals surface area contributed by atoms with Gasteiger partial charge in [-0.25, -0.2) is 14.5 Å². The molecule has 0 fully saturated rings. The van der Waals surface area contributed by atoms with E-state index in [1.54, 1.807) is 12.1 Å². The van der Waals surface area contributed by atoms with Crippen molar-refractivity contribution < 1.29 is 14.2 Å². The third-order valence-electron chi connectivity index (χ3n) is 4.22. The maximum atomic E-state index is 12.6. The van der Waals surface area contributed by atoms with Crippen LogP contribution in [-0.2, 0) is 0 Å². The molecule has 0 spiro atoms. The van der Waals surface area contributed by atoms with Gasteiger partial charge in [-0.1, -0.05) is 27.3 Å². The average molecular weight is 490 g/mol. The summed E-state index contributed by atoms with van der Waals surface area (Å²) >= 11 is 4.54. The predicted octanol–water partition coefficient (Wildman–Crippen LogP) is 3.77. The van der Waals surface area contributed by atoms with Crippen LogP contribution in [0.25, 0.3) is 16.2 Å². The summed E-state index contributed by atoms with van der Waals surface area (Å²) in [5.74, 6) is 1.93. The third kappa shape index (κ3) is 3.68. The Morgan fingerprint density at radius 1 is 1.03 bits per heavy atom. The molecule has 30 heavy (non-hydrogen) atoms. The highest BCUT2D eigenvalue weighted by atomic mass is 79.9. The van der Waals surface area contributed by atoms with E-state index in [9.17, 15) is 4.79 Å². The molecule has 0 aliphatic rings. The Balaban J connectivity index is 1.74. The smallest absolute Gasteiger partial charge is 0.315 e. The van der Waals surface area contributed by atoms with Gasteiger partial charge in [0.2, 0.25) is 17.6 Å². The van der Waals surface area contributed by atoms with Crippen molar-refractivity contribution in [2.24, 2.45) is 0 Å². The van der Waals surface area contributed by atoms with Gasteiger partial charge in [-0.15, -0.1) is 0 Å². The fourth-order valence-corrected chi connectivity index (χ4v) is 4.34. The van der Waals surface area contributed by atoms with Crippen molar-refractivity contribution in [1.29, 1.82) is 0 Å². The number of hydrogen-bond acceptors (Lipinski definition) is 9. The lowest BCUT2D eigenvalue weighted by Crippen LogP contribution is -2.14. The molecule has 0 saturated carbocycles. The van der Waals surface area contributed by atoms with Crippen LogP contribution in [0.15, 0.2) is 45.9 Å². The second kappa shape index (κ2) is 8.28. The Morgan fingerprint density at radius 2 is 1.77 bits per heavy atom. The van der Waals surface area contributed by atoms with Gasteiger partial charge >= 0.3 is 4.87 Å². The normalized spacial score (nSPS) is 10.8. The van der Waals surface area contributed by atoms with Gasteiger partial charge in [0.15, 0.2) is 11.5 Å². The summed E-state index contributed by atoms with van der Waals surface area (Å²) in [7, 11) is 4.61. The van der Waals surface area contributed by atoms with E-state index in [2.05, 4.69) is 36.2 Å². The van der Waals surface area contributed by atoms with Gasteiger partial charge in [0.25, 0.3) is 0 Å². The number of methoxy groups -OCH3 is 3. The lowest BCUT2D eigenvalue weighted by molar-refractivity contribution is 0.324. The molecule has 1 N–H and O–H groups in total. The van der Waals surface area contributed by atoms with E-state index in [1.165, 1.54) is 32.2 Å². The zero-order valence-electron chi connectivity index (χ0n) is 16.2. The number of nitrogens with one attached hydrogen (secondary N) is 1. The maximum absolute atomic E-state index is 12.6. The van der Waals surface area contributed by atoms with E-state index in [0.29, 0.717) is 22.9 Å². The predicted molar refractivity (Wildman–Crippen MR) is 118 cm³/mol. The highest BCUT2D eigenvalue weighted by molar-refractivity contribution is 9.10. The molecule has 0 saturated heterocycles. The largest absolute Gasteiger partial charge is 0.493 e. The molecular weight excluding hydrogens is 474 g/mol. The molecule has 2 aromatic carbocycles. The monoisotopic (exact) mass is 489 g/mol. The van der Waals surface area contributed by atoms with Gasteiger partial charge in [-0.3, -0.25) is 4.79 Å². The summed E-state index contributed by atoms with van der Waals surface area (Å²) in [4.78, 5) is 25.1. The van der Waals surface area contributed by atoms with Crippen LogP contribution in [0.5, 0.6) is 17.2 Å². The molecule has 2 heterocycles. The Hall–Kier alpha value is -3.18. The van der Waals surface area contributed by atoms with E-state index in [-0.39, 0.29) is 16.8 Å². The van der Waals surface area contributed by atoms with E-state index in [1.807, 2.05) is 18.2 Å². The van der Waals surface area contributed by atoms with Crippen molar-refractivity contribution in [2.45, 2.75) is 0 Å². The molecule has 0 unspecified atom stereocenters. The van der Waals surface area contributed by atoms with E-state index >= 15 is 0 Å². The lowest BCUT2D eigenvalue weighted by atomic mass is 10.2. The highest BCUT2D eigenvalue weighted by Gasteiger charge is 2.16. The zero-order chi connectivity index (χ0) is 21.3. The number of rotatable bonds is 6. The molecule has 4 rings (SSSR count). The van der Waals surface area contributed by atoms with Crippen LogP contribution in [0, 0.1) is 0 Å². The van der Waals surface area contributed by atoms with Crippen molar-refractivity contribution >= 4 is 49.1 Å². The molecule has 0 amide bonds. The van der Waals surface area contributed by atoms with Crippen LogP contribution in [0.4, 0.5) is 11.6 Å². The van der Waals surface area contributed by atoms with Crippen molar-refractivity contribution in [3.63, 3.8) is 0 Å². The van der Waals surface area contributed by atoms with E-state index < -0.39 is 0 Å². The number of nitrogens with zero attached hydrogens (tertiary/aromatic N) is 4. The Morgan fingerprint density at radius 3 is 2.43 bits per heavy atom. The second-order valence-corrected chi connectivity index (χ2v) is 7.87. The van der Waals surface area contributed by atoms with Gasteiger partial charge in [-0.05, 0) is 18.2 Å². The molecule has 0 bridgehead atoms. The molecule has 0 radical (unpaired) electrons. The molecule has 9 nitrogen and oxygen atoms in total. The number of hydrogen-bond donors (Lipinski definition) is 1. The summed E-state index contributed by atoms with van der Waals surface area (Å²) in [6.07, 6.45) is 1.34. The number of benzene rings is 2. The number of thiazole rings is 1. The first-order valence-electron chi connectivity index (χ1n) is 8.61. The minimum absolute atomic E-state index is 0.187. The van der Waals surface area contributed by atoms with Gasteiger partial charge in [0.1, 0.15) is 6.33 Å². The summed E-state index contributed by atoms with van der Waals surface area (Å²) < 4.78 is 19.2. The molecule has 11 heteroatoms. The molecule has 2 aromatic heterocycles. The first kappa shape index (κ1) is 20.1. The number of ether oxygens (including phenoxy) is 3. The first-order chi connectivity index (χ1) is 14.5. The molecule has 154 valence electrons. The van der Waals surface area contributed by atoms with Crippen LogP contribution >= 0.6 is 27.3 Å². The Kier molecular flexibility index (Phi) is 5.55. The molecule has 0 aliphatic carbocycles. The van der Waals surface area contributed by atoms with Gasteiger partial charge in [-0.2, -0.15) is 4.98 Å². The van der Waals surface area contributed by atoms with E-state index in [4.69, 9.17) is 14.2 Å². The fourth-order valence-electron chi connectivity index (χ4n) is 2.92. The Bertz CT molecular complexity index is 1260. The fraction of sp³-hybridized carbons (Fsp3) is 0.158. The van der Waals surface area contributed by atoms with Crippen LogP contribution in [0.2, 0.25) is 0 Å². The summed E-state index contributed by atoms with van der Waals surface area (Å²) in [5, 5.41) is 3.09. The zero-order valence-corrected chi connectivity index (χ0v) is 18.6.